The van der Waals surface area contributed by atoms with Gasteiger partial charge in [-0.3, -0.25) is 0 Å². The molecule has 0 aromatic carbocycles. The third-order valence-corrected chi connectivity index (χ3v) is 4.58. The Morgan fingerprint density at radius 3 is 2.75 bits per heavy atom. The molecule has 0 aliphatic carbocycles. The number of rotatable bonds is 1. The van der Waals surface area contributed by atoms with Crippen molar-refractivity contribution in [3.8, 4) is 0 Å². The minimum atomic E-state index is -0.840. The predicted octanol–water partition coefficient (Wildman–Crippen LogP) is 1.30. The van der Waals surface area contributed by atoms with Crippen LogP contribution in [0.25, 0.3) is 0 Å². The lowest BCUT2D eigenvalue weighted by Crippen LogP contribution is -2.24. The molecule has 0 N–H and O–H groups in total. The van der Waals surface area contributed by atoms with Crippen molar-refractivity contribution in [2.24, 2.45) is 0 Å². The van der Waals surface area contributed by atoms with Crippen LogP contribution in [-0.4, -0.2) is 21.2 Å². The second-order valence-electron chi connectivity index (χ2n) is 2.14. The van der Waals surface area contributed by atoms with Gasteiger partial charge in [0.1, 0.15) is 0 Å². The van der Waals surface area contributed by atoms with E-state index >= 15 is 0 Å². The van der Waals surface area contributed by atoms with Gasteiger partial charge in [0.05, 0.1) is 0 Å². The molecule has 0 saturated carbocycles. The first-order valence-corrected chi connectivity index (χ1v) is 5.75. The van der Waals surface area contributed by atoms with Crippen molar-refractivity contribution >= 4 is 20.6 Å². The van der Waals surface area contributed by atoms with Gasteiger partial charge in [0, 0.05) is 12.1 Å². The van der Waals surface area contributed by atoms with Crippen LogP contribution in [0.3, 0.4) is 0 Å². The fourth-order valence-electron chi connectivity index (χ4n) is 0.929. The first-order valence-electron chi connectivity index (χ1n) is 3.11. The lowest BCUT2D eigenvalue weighted by molar-refractivity contribution is 0.290. The van der Waals surface area contributed by atoms with Crippen molar-refractivity contribution in [2.75, 3.05) is 12.1 Å². The van der Waals surface area contributed by atoms with Crippen LogP contribution in [0.1, 0.15) is 12.8 Å². The molecule has 1 fully saturated rings. The van der Waals surface area contributed by atoms with E-state index in [4.69, 9.17) is 16.0 Å². The molecule has 48 valence electrons. The summed E-state index contributed by atoms with van der Waals surface area (Å²) in [6, 6.07) is 1.30. The van der Waals surface area contributed by atoms with E-state index in [2.05, 4.69) is 0 Å². The molecule has 0 amide bonds. The molecule has 1 nitrogen and oxygen atoms in total. The largest absolute Gasteiger partial charge is 0.419 e. The van der Waals surface area contributed by atoms with E-state index in [0.717, 1.165) is 12.1 Å². The SMILES string of the molecule is ClC[SiH]1CCCCO1. The molecule has 0 aromatic heterocycles. The summed E-state index contributed by atoms with van der Waals surface area (Å²) in [5.41, 5.74) is 0.806. The molecule has 3 heteroatoms. The third kappa shape index (κ3) is 1.76. The van der Waals surface area contributed by atoms with Crippen LogP contribution in [0.4, 0.5) is 0 Å². The quantitative estimate of drug-likeness (QED) is 0.405. The van der Waals surface area contributed by atoms with E-state index in [1.165, 1.54) is 18.9 Å². The molecule has 1 unspecified atom stereocenters. The van der Waals surface area contributed by atoms with Crippen LogP contribution >= 0.6 is 11.6 Å². The van der Waals surface area contributed by atoms with Crippen LogP contribution in [-0.2, 0) is 4.43 Å². The van der Waals surface area contributed by atoms with Crippen molar-refractivity contribution in [1.82, 2.24) is 0 Å². The zero-order valence-electron chi connectivity index (χ0n) is 4.90. The van der Waals surface area contributed by atoms with Gasteiger partial charge in [-0.2, -0.15) is 0 Å². The number of hydrogen-bond donors (Lipinski definition) is 0. The van der Waals surface area contributed by atoms with Crippen LogP contribution in [0.5, 0.6) is 0 Å². The molecule has 0 bridgehead atoms. The Labute approximate surface area is 56.7 Å². The Morgan fingerprint density at radius 2 is 2.38 bits per heavy atom. The van der Waals surface area contributed by atoms with Crippen molar-refractivity contribution in [3.63, 3.8) is 0 Å². The minimum Gasteiger partial charge on any atom is -0.419 e. The van der Waals surface area contributed by atoms with E-state index in [0.29, 0.717) is 0 Å². The number of hydrogen-bond acceptors (Lipinski definition) is 1. The van der Waals surface area contributed by atoms with Gasteiger partial charge < -0.3 is 4.43 Å². The van der Waals surface area contributed by atoms with Crippen LogP contribution in [0.15, 0.2) is 0 Å². The molecular weight excluding hydrogens is 140 g/mol. The average molecular weight is 151 g/mol. The maximum Gasteiger partial charge on any atom is 0.191 e. The molecule has 0 radical (unpaired) electrons. The summed E-state index contributed by atoms with van der Waals surface area (Å²) in [6.07, 6.45) is 2.60. The summed E-state index contributed by atoms with van der Waals surface area (Å²) in [4.78, 5) is 0. The maximum absolute atomic E-state index is 5.62. The van der Waals surface area contributed by atoms with Crippen LogP contribution in [0, 0.1) is 0 Å². The van der Waals surface area contributed by atoms with Crippen LogP contribution in [0.2, 0.25) is 6.04 Å². The highest BCUT2D eigenvalue weighted by Crippen LogP contribution is 2.10. The van der Waals surface area contributed by atoms with Gasteiger partial charge in [0.25, 0.3) is 0 Å². The lowest BCUT2D eigenvalue weighted by atomic mass is 10.4. The Bertz CT molecular complexity index is 63.4. The lowest BCUT2D eigenvalue weighted by Gasteiger charge is -2.18. The fourth-order valence-corrected chi connectivity index (χ4v) is 3.31. The topological polar surface area (TPSA) is 9.23 Å². The van der Waals surface area contributed by atoms with Crippen molar-refractivity contribution in [3.05, 3.63) is 0 Å². The highest BCUT2D eigenvalue weighted by atomic mass is 35.5. The van der Waals surface area contributed by atoms with E-state index < -0.39 is 9.04 Å². The van der Waals surface area contributed by atoms with E-state index in [9.17, 15) is 0 Å². The summed E-state index contributed by atoms with van der Waals surface area (Å²) in [5.74, 6) is 0. The Balaban J connectivity index is 2.13. The Morgan fingerprint density at radius 1 is 1.50 bits per heavy atom. The van der Waals surface area contributed by atoms with Gasteiger partial charge in [-0.15, -0.1) is 11.6 Å². The van der Waals surface area contributed by atoms with Crippen LogP contribution < -0.4 is 0 Å². The summed E-state index contributed by atoms with van der Waals surface area (Å²) >= 11 is 5.62. The highest BCUT2D eigenvalue weighted by molar-refractivity contribution is 6.61. The average Bonchev–Trinajstić information content (AvgIpc) is 1.90. The van der Waals surface area contributed by atoms with Gasteiger partial charge >= 0.3 is 0 Å². The minimum absolute atomic E-state index is 0.806. The zero-order chi connectivity index (χ0) is 5.82. The second kappa shape index (κ2) is 3.48. The van der Waals surface area contributed by atoms with Crippen molar-refractivity contribution in [2.45, 2.75) is 18.9 Å². The number of alkyl halides is 1. The zero-order valence-corrected chi connectivity index (χ0v) is 6.81. The smallest absolute Gasteiger partial charge is 0.191 e. The summed E-state index contributed by atoms with van der Waals surface area (Å²) in [5, 5.41) is 0. The molecule has 0 spiro atoms. The summed E-state index contributed by atoms with van der Waals surface area (Å²) < 4.78 is 5.43. The molecule has 8 heavy (non-hydrogen) atoms. The van der Waals surface area contributed by atoms with E-state index in [1.807, 2.05) is 0 Å². The van der Waals surface area contributed by atoms with Gasteiger partial charge in [-0.25, -0.2) is 0 Å². The monoisotopic (exact) mass is 150 g/mol. The molecule has 1 aliphatic heterocycles. The summed E-state index contributed by atoms with van der Waals surface area (Å²) in [7, 11) is -0.840. The fraction of sp³-hybridized carbons (Fsp3) is 1.00. The first kappa shape index (κ1) is 6.58. The predicted molar refractivity (Wildman–Crippen MR) is 37.9 cm³/mol. The van der Waals surface area contributed by atoms with Gasteiger partial charge in [-0.05, 0) is 12.5 Å². The van der Waals surface area contributed by atoms with Gasteiger partial charge in [-0.1, -0.05) is 6.42 Å². The molecule has 1 aliphatic rings. The summed E-state index contributed by atoms with van der Waals surface area (Å²) in [6.45, 7) is 0.976. The van der Waals surface area contributed by atoms with E-state index in [-0.39, 0.29) is 0 Å². The molecule has 1 rings (SSSR count). The standard InChI is InChI=1S/C5H11ClOSi/c6-5-8-4-2-1-3-7-8/h8H,1-5H2. The normalized spacial score (nSPS) is 30.4. The Kier molecular flexibility index (Phi) is 2.87. The molecule has 1 saturated heterocycles. The molecule has 1 atom stereocenters. The molecule has 1 heterocycles. The maximum atomic E-state index is 5.62. The molecular formula is C5H11ClOSi. The van der Waals surface area contributed by atoms with E-state index in [1.54, 1.807) is 0 Å². The first-order chi connectivity index (χ1) is 3.93. The highest BCUT2D eigenvalue weighted by Gasteiger charge is 2.13. The van der Waals surface area contributed by atoms with Gasteiger partial charge in [0.15, 0.2) is 9.04 Å². The Hall–Kier alpha value is 0.467. The second-order valence-corrected chi connectivity index (χ2v) is 5.53. The molecule has 0 aromatic rings. The third-order valence-electron chi connectivity index (χ3n) is 1.45. The number of halogens is 1. The van der Waals surface area contributed by atoms with Crippen molar-refractivity contribution in [1.29, 1.82) is 0 Å². The van der Waals surface area contributed by atoms with Crippen molar-refractivity contribution < 1.29 is 4.43 Å². The van der Waals surface area contributed by atoms with Gasteiger partial charge in [0.2, 0.25) is 0 Å².